The Morgan fingerprint density at radius 3 is 2.60 bits per heavy atom. The van der Waals surface area contributed by atoms with E-state index in [-0.39, 0.29) is 6.61 Å². The van der Waals surface area contributed by atoms with Crippen molar-refractivity contribution < 1.29 is 9.84 Å². The number of aliphatic hydroxyl groups is 1. The zero-order valence-electron chi connectivity index (χ0n) is 11.3. The van der Waals surface area contributed by atoms with Crippen molar-refractivity contribution in [2.75, 3.05) is 0 Å². The number of ether oxygens (including phenoxy) is 1. The summed E-state index contributed by atoms with van der Waals surface area (Å²) in [6, 6.07) is 15.5. The smallest absolute Gasteiger partial charge is 0.133 e. The molecule has 0 fully saturated rings. The lowest BCUT2D eigenvalue weighted by Gasteiger charge is -2.05. The van der Waals surface area contributed by atoms with Crippen molar-refractivity contribution in [2.24, 2.45) is 7.05 Å². The summed E-state index contributed by atoms with van der Waals surface area (Å²) >= 11 is 0. The minimum atomic E-state index is 0.0468. The first-order chi connectivity index (χ1) is 9.78. The molecule has 0 saturated heterocycles. The second-order valence-electron chi connectivity index (χ2n) is 4.68. The molecule has 2 aromatic carbocycles. The largest absolute Gasteiger partial charge is 0.487 e. The molecule has 4 nitrogen and oxygen atoms in total. The van der Waals surface area contributed by atoms with Gasteiger partial charge in [0.25, 0.3) is 0 Å². The number of aryl methyl sites for hydroxylation is 1. The maximum Gasteiger partial charge on any atom is 0.133 e. The number of hydrogen-bond acceptors (Lipinski definition) is 3. The van der Waals surface area contributed by atoms with E-state index >= 15 is 0 Å². The van der Waals surface area contributed by atoms with E-state index in [4.69, 9.17) is 9.84 Å². The topological polar surface area (TPSA) is 47.3 Å². The molecule has 0 amide bonds. The monoisotopic (exact) mass is 268 g/mol. The molecule has 0 radical (unpaired) electrons. The summed E-state index contributed by atoms with van der Waals surface area (Å²) < 4.78 is 7.62. The Kier molecular flexibility index (Phi) is 3.39. The van der Waals surface area contributed by atoms with E-state index < -0.39 is 0 Å². The summed E-state index contributed by atoms with van der Waals surface area (Å²) in [5, 5.41) is 14.6. The van der Waals surface area contributed by atoms with Crippen molar-refractivity contribution in [3.05, 3.63) is 59.8 Å². The van der Waals surface area contributed by atoms with Gasteiger partial charge < -0.3 is 9.84 Å². The molecule has 1 aromatic heterocycles. The van der Waals surface area contributed by atoms with Crippen LogP contribution >= 0.6 is 0 Å². The average molecular weight is 268 g/mol. The Hall–Kier alpha value is -2.33. The molecule has 0 saturated carbocycles. The van der Waals surface area contributed by atoms with Gasteiger partial charge in [-0.15, -0.1) is 0 Å². The van der Waals surface area contributed by atoms with Gasteiger partial charge in [0.15, 0.2) is 0 Å². The minimum absolute atomic E-state index is 0.0468. The highest BCUT2D eigenvalue weighted by Gasteiger charge is 2.08. The fraction of sp³-hybridized carbons (Fsp3) is 0.188. The number of fused-ring (bicyclic) bond motifs is 1. The molecule has 3 rings (SSSR count). The lowest BCUT2D eigenvalue weighted by atomic mass is 10.2. The van der Waals surface area contributed by atoms with Crippen molar-refractivity contribution in [3.63, 3.8) is 0 Å². The summed E-state index contributed by atoms with van der Waals surface area (Å²) in [5.74, 6) is 0.775. The van der Waals surface area contributed by atoms with E-state index in [1.54, 1.807) is 0 Å². The van der Waals surface area contributed by atoms with Crippen LogP contribution in [0.15, 0.2) is 48.5 Å². The molecule has 0 bridgehead atoms. The first-order valence-electron chi connectivity index (χ1n) is 6.51. The Morgan fingerprint density at radius 1 is 1.10 bits per heavy atom. The molecule has 0 aliphatic heterocycles. The normalized spacial score (nSPS) is 10.9. The van der Waals surface area contributed by atoms with Crippen molar-refractivity contribution >= 4 is 10.9 Å². The Bertz CT molecular complexity index is 717. The van der Waals surface area contributed by atoms with Crippen LogP contribution in [0, 0.1) is 0 Å². The van der Waals surface area contributed by atoms with Crippen LogP contribution in [0.25, 0.3) is 10.9 Å². The molecule has 0 spiro atoms. The molecule has 0 aliphatic carbocycles. The molecule has 0 unspecified atom stereocenters. The number of rotatable bonds is 4. The predicted octanol–water partition coefficient (Wildman–Crippen LogP) is 2.64. The summed E-state index contributed by atoms with van der Waals surface area (Å²) in [6.45, 7) is 0.477. The molecule has 1 heterocycles. The molecule has 0 atom stereocenters. The third-order valence-corrected chi connectivity index (χ3v) is 3.32. The molecular weight excluding hydrogens is 252 g/mol. The number of nitrogens with zero attached hydrogens (tertiary/aromatic N) is 2. The van der Waals surface area contributed by atoms with Crippen LogP contribution in [-0.2, 0) is 20.3 Å². The summed E-state index contributed by atoms with van der Waals surface area (Å²) in [5.41, 5.74) is 2.90. The van der Waals surface area contributed by atoms with Gasteiger partial charge in [-0.25, -0.2) is 0 Å². The standard InChI is InChI=1S/C16H16N2O2/c1-18-16-5-3-2-4-14(16)15(17-18)11-20-13-8-6-12(10-19)7-9-13/h2-9,19H,10-11H2,1H3. The van der Waals surface area contributed by atoms with Crippen molar-refractivity contribution in [3.8, 4) is 5.75 Å². The van der Waals surface area contributed by atoms with E-state index in [9.17, 15) is 0 Å². The fourth-order valence-electron chi connectivity index (χ4n) is 2.24. The molecule has 1 N–H and O–H groups in total. The Morgan fingerprint density at radius 2 is 1.85 bits per heavy atom. The van der Waals surface area contributed by atoms with Gasteiger partial charge in [0, 0.05) is 12.4 Å². The lowest BCUT2D eigenvalue weighted by Crippen LogP contribution is -1.98. The van der Waals surface area contributed by atoms with Crippen LogP contribution in [0.5, 0.6) is 5.75 Å². The first-order valence-corrected chi connectivity index (χ1v) is 6.51. The minimum Gasteiger partial charge on any atom is -0.487 e. The molecule has 20 heavy (non-hydrogen) atoms. The number of hydrogen-bond donors (Lipinski definition) is 1. The van der Waals surface area contributed by atoms with Gasteiger partial charge >= 0.3 is 0 Å². The second kappa shape index (κ2) is 5.35. The highest BCUT2D eigenvalue weighted by atomic mass is 16.5. The third-order valence-electron chi connectivity index (χ3n) is 3.32. The molecule has 102 valence electrons. The van der Waals surface area contributed by atoms with Gasteiger partial charge in [0.2, 0.25) is 0 Å². The van der Waals surface area contributed by atoms with Crippen molar-refractivity contribution in [1.82, 2.24) is 9.78 Å². The molecule has 4 heteroatoms. The van der Waals surface area contributed by atoms with Crippen LogP contribution in [0.2, 0.25) is 0 Å². The Labute approximate surface area is 117 Å². The number of benzene rings is 2. The summed E-state index contributed by atoms with van der Waals surface area (Å²) in [6.07, 6.45) is 0. The van der Waals surface area contributed by atoms with Gasteiger partial charge in [-0.3, -0.25) is 4.68 Å². The zero-order chi connectivity index (χ0) is 13.9. The van der Waals surface area contributed by atoms with Crippen molar-refractivity contribution in [1.29, 1.82) is 0 Å². The molecular formula is C16H16N2O2. The fourth-order valence-corrected chi connectivity index (χ4v) is 2.24. The van der Waals surface area contributed by atoms with E-state index in [0.29, 0.717) is 6.61 Å². The maximum absolute atomic E-state index is 9.00. The van der Waals surface area contributed by atoms with E-state index in [1.165, 1.54) is 0 Å². The number of para-hydroxylation sites is 1. The quantitative estimate of drug-likeness (QED) is 0.791. The number of aromatic nitrogens is 2. The van der Waals surface area contributed by atoms with Gasteiger partial charge in [0.05, 0.1) is 12.1 Å². The van der Waals surface area contributed by atoms with Gasteiger partial charge in [0.1, 0.15) is 18.1 Å². The highest BCUT2D eigenvalue weighted by Crippen LogP contribution is 2.20. The van der Waals surface area contributed by atoms with Crippen LogP contribution in [0.3, 0.4) is 0 Å². The zero-order valence-corrected chi connectivity index (χ0v) is 11.3. The average Bonchev–Trinajstić information content (AvgIpc) is 2.83. The summed E-state index contributed by atoms with van der Waals surface area (Å²) in [7, 11) is 1.93. The first kappa shape index (κ1) is 12.7. The van der Waals surface area contributed by atoms with Crippen LogP contribution in [-0.4, -0.2) is 14.9 Å². The third kappa shape index (κ3) is 2.38. The van der Waals surface area contributed by atoms with Crippen LogP contribution in [0.4, 0.5) is 0 Å². The SMILES string of the molecule is Cn1nc(COc2ccc(CO)cc2)c2ccccc21. The Balaban J connectivity index is 1.79. The van der Waals surface area contributed by atoms with Gasteiger partial charge in [-0.1, -0.05) is 30.3 Å². The second-order valence-corrected chi connectivity index (χ2v) is 4.68. The van der Waals surface area contributed by atoms with E-state index in [0.717, 1.165) is 27.9 Å². The number of aliphatic hydroxyl groups excluding tert-OH is 1. The molecule has 0 aliphatic rings. The molecule has 3 aromatic rings. The maximum atomic E-state index is 9.00. The van der Waals surface area contributed by atoms with Crippen molar-refractivity contribution in [2.45, 2.75) is 13.2 Å². The summed E-state index contributed by atoms with van der Waals surface area (Å²) in [4.78, 5) is 0. The van der Waals surface area contributed by atoms with E-state index in [2.05, 4.69) is 11.2 Å². The van der Waals surface area contributed by atoms with E-state index in [1.807, 2.05) is 54.2 Å². The van der Waals surface area contributed by atoms with Gasteiger partial charge in [-0.05, 0) is 23.8 Å². The van der Waals surface area contributed by atoms with Crippen LogP contribution in [0.1, 0.15) is 11.3 Å². The highest BCUT2D eigenvalue weighted by molar-refractivity contribution is 5.81. The predicted molar refractivity (Wildman–Crippen MR) is 77.4 cm³/mol. The van der Waals surface area contributed by atoms with Crippen LogP contribution < -0.4 is 4.74 Å². The lowest BCUT2D eigenvalue weighted by molar-refractivity contribution is 0.280. The van der Waals surface area contributed by atoms with Gasteiger partial charge in [-0.2, -0.15) is 5.10 Å².